The van der Waals surface area contributed by atoms with Crippen molar-refractivity contribution in [1.29, 1.82) is 0 Å². The van der Waals surface area contributed by atoms with E-state index in [1.807, 2.05) is 18.3 Å². The van der Waals surface area contributed by atoms with Crippen molar-refractivity contribution in [2.24, 2.45) is 0 Å². The van der Waals surface area contributed by atoms with Crippen molar-refractivity contribution < 1.29 is 0 Å². The first-order valence-electron chi connectivity index (χ1n) is 7.76. The van der Waals surface area contributed by atoms with E-state index in [0.717, 1.165) is 16.1 Å². The van der Waals surface area contributed by atoms with Gasteiger partial charge in [-0.3, -0.25) is 4.98 Å². The predicted octanol–water partition coefficient (Wildman–Crippen LogP) is 4.31. The Bertz CT molecular complexity index is 559. The van der Waals surface area contributed by atoms with Gasteiger partial charge in [0.1, 0.15) is 10.8 Å². The number of nitrogens with two attached hydrogens (primary N) is 1. The Labute approximate surface area is 130 Å². The summed E-state index contributed by atoms with van der Waals surface area (Å²) in [7, 11) is 0. The minimum absolute atomic E-state index is 0.542. The lowest BCUT2D eigenvalue weighted by Gasteiger charge is -2.21. The molecule has 0 bridgehead atoms. The maximum Gasteiger partial charge on any atom is 0.147 e. The molecule has 1 aliphatic rings. The van der Waals surface area contributed by atoms with Crippen LogP contribution < -0.4 is 11.1 Å². The number of hydrogen-bond donors (Lipinski definition) is 2. The lowest BCUT2D eigenvalue weighted by molar-refractivity contribution is 0.472. The molecule has 4 nitrogen and oxygen atoms in total. The van der Waals surface area contributed by atoms with E-state index in [1.165, 1.54) is 56.5 Å². The van der Waals surface area contributed by atoms with E-state index in [1.54, 1.807) is 6.20 Å². The topological polar surface area (TPSA) is 63.8 Å². The van der Waals surface area contributed by atoms with Gasteiger partial charge in [0.15, 0.2) is 0 Å². The molecule has 3 rings (SSSR count). The molecule has 0 saturated heterocycles. The van der Waals surface area contributed by atoms with Gasteiger partial charge in [-0.1, -0.05) is 38.2 Å². The van der Waals surface area contributed by atoms with Crippen molar-refractivity contribution in [1.82, 2.24) is 9.36 Å². The van der Waals surface area contributed by atoms with Gasteiger partial charge in [0, 0.05) is 24.0 Å². The van der Waals surface area contributed by atoms with Crippen LogP contribution in [0, 0.1) is 0 Å². The van der Waals surface area contributed by atoms with Gasteiger partial charge in [0.05, 0.1) is 5.56 Å². The van der Waals surface area contributed by atoms with Crippen LogP contribution in [0.25, 0.3) is 11.1 Å². The fourth-order valence-electron chi connectivity index (χ4n) is 2.98. The molecular weight excluding hydrogens is 280 g/mol. The number of nitrogens with zero attached hydrogens (tertiary/aromatic N) is 2. The van der Waals surface area contributed by atoms with Gasteiger partial charge in [0.25, 0.3) is 0 Å². The molecular formula is C16H22N4S. The average molecular weight is 302 g/mol. The normalized spacial score (nSPS) is 17.1. The van der Waals surface area contributed by atoms with Crippen molar-refractivity contribution >= 4 is 22.4 Å². The van der Waals surface area contributed by atoms with Gasteiger partial charge in [-0.25, -0.2) is 0 Å². The molecule has 0 amide bonds. The van der Waals surface area contributed by atoms with Crippen molar-refractivity contribution in [3.63, 3.8) is 0 Å². The van der Waals surface area contributed by atoms with E-state index in [2.05, 4.69) is 14.7 Å². The molecule has 1 fully saturated rings. The van der Waals surface area contributed by atoms with E-state index in [-0.39, 0.29) is 0 Å². The van der Waals surface area contributed by atoms with Gasteiger partial charge in [0.2, 0.25) is 0 Å². The number of pyridine rings is 1. The number of rotatable bonds is 3. The Morgan fingerprint density at radius 2 is 1.90 bits per heavy atom. The summed E-state index contributed by atoms with van der Waals surface area (Å²) in [5.74, 6) is 0.598. The molecule has 5 heteroatoms. The molecule has 0 aromatic carbocycles. The van der Waals surface area contributed by atoms with Crippen LogP contribution in [0.15, 0.2) is 24.5 Å². The Kier molecular flexibility index (Phi) is 4.70. The second-order valence-electron chi connectivity index (χ2n) is 5.70. The van der Waals surface area contributed by atoms with Crippen LogP contribution in [0.2, 0.25) is 0 Å². The lowest BCUT2D eigenvalue weighted by Crippen LogP contribution is -2.20. The zero-order valence-electron chi connectivity index (χ0n) is 12.2. The predicted molar refractivity (Wildman–Crippen MR) is 89.5 cm³/mol. The Hall–Kier alpha value is -1.62. The summed E-state index contributed by atoms with van der Waals surface area (Å²) in [4.78, 5) is 4.19. The largest absolute Gasteiger partial charge is 0.382 e. The Morgan fingerprint density at radius 1 is 1.14 bits per heavy atom. The average Bonchev–Trinajstić information content (AvgIpc) is 2.83. The third-order valence-electron chi connectivity index (χ3n) is 4.11. The van der Waals surface area contributed by atoms with Crippen LogP contribution in [0.3, 0.4) is 0 Å². The van der Waals surface area contributed by atoms with Gasteiger partial charge < -0.3 is 11.1 Å². The highest BCUT2D eigenvalue weighted by molar-refractivity contribution is 7.11. The van der Waals surface area contributed by atoms with Crippen LogP contribution in [-0.4, -0.2) is 15.4 Å². The summed E-state index contributed by atoms with van der Waals surface area (Å²) in [6.45, 7) is 0. The molecule has 0 aliphatic heterocycles. The third kappa shape index (κ3) is 3.53. The highest BCUT2D eigenvalue weighted by Gasteiger charge is 2.18. The second kappa shape index (κ2) is 6.89. The quantitative estimate of drug-likeness (QED) is 0.886. The van der Waals surface area contributed by atoms with Crippen LogP contribution in [-0.2, 0) is 0 Å². The van der Waals surface area contributed by atoms with Crippen LogP contribution in [0.1, 0.15) is 44.9 Å². The van der Waals surface area contributed by atoms with Gasteiger partial charge in [-0.15, -0.1) is 0 Å². The van der Waals surface area contributed by atoms with E-state index in [9.17, 15) is 0 Å². The van der Waals surface area contributed by atoms with Crippen molar-refractivity contribution in [3.05, 3.63) is 24.5 Å². The first kappa shape index (κ1) is 14.3. The molecule has 1 saturated carbocycles. The summed E-state index contributed by atoms with van der Waals surface area (Å²) in [5.41, 5.74) is 8.11. The van der Waals surface area contributed by atoms with Crippen molar-refractivity contribution in [2.45, 2.75) is 51.0 Å². The zero-order chi connectivity index (χ0) is 14.5. The van der Waals surface area contributed by atoms with Crippen LogP contribution in [0.4, 0.5) is 10.8 Å². The monoisotopic (exact) mass is 302 g/mol. The van der Waals surface area contributed by atoms with E-state index < -0.39 is 0 Å². The van der Waals surface area contributed by atoms with Crippen LogP contribution in [0.5, 0.6) is 0 Å². The highest BCUT2D eigenvalue weighted by Crippen LogP contribution is 2.37. The summed E-state index contributed by atoms with van der Waals surface area (Å²) in [6.07, 6.45) is 12.8. The fraction of sp³-hybridized carbons (Fsp3) is 0.500. The second-order valence-corrected chi connectivity index (χ2v) is 6.47. The minimum Gasteiger partial charge on any atom is -0.382 e. The van der Waals surface area contributed by atoms with Crippen molar-refractivity contribution in [3.8, 4) is 11.1 Å². The smallest absolute Gasteiger partial charge is 0.147 e. The zero-order valence-corrected chi connectivity index (χ0v) is 13.0. The molecule has 2 heterocycles. The fourth-order valence-corrected chi connectivity index (χ4v) is 3.79. The standard InChI is InChI=1S/C16H22N4S/c17-15-14(12-7-6-10-18-11-12)16(21-20-15)19-13-8-4-2-1-3-5-9-13/h6-7,10-11,13,19H,1-5,8-9H2,(H2,17,20). The minimum atomic E-state index is 0.542. The molecule has 0 atom stereocenters. The molecule has 21 heavy (non-hydrogen) atoms. The summed E-state index contributed by atoms with van der Waals surface area (Å²) < 4.78 is 4.33. The Balaban J connectivity index is 1.79. The number of nitrogens with one attached hydrogen (secondary N) is 1. The molecule has 112 valence electrons. The summed E-state index contributed by atoms with van der Waals surface area (Å²) in [5, 5.41) is 4.77. The van der Waals surface area contributed by atoms with E-state index in [0.29, 0.717) is 11.9 Å². The van der Waals surface area contributed by atoms with Crippen LogP contribution >= 0.6 is 11.5 Å². The lowest BCUT2D eigenvalue weighted by atomic mass is 9.96. The molecule has 1 aliphatic carbocycles. The number of aromatic nitrogens is 2. The first-order chi connectivity index (χ1) is 10.3. The molecule has 2 aromatic rings. The van der Waals surface area contributed by atoms with E-state index >= 15 is 0 Å². The SMILES string of the molecule is Nc1nsc(NC2CCCCCCC2)c1-c1cccnc1. The molecule has 3 N–H and O–H groups in total. The van der Waals surface area contributed by atoms with Gasteiger partial charge >= 0.3 is 0 Å². The molecule has 0 radical (unpaired) electrons. The maximum absolute atomic E-state index is 6.07. The number of nitrogen functional groups attached to an aromatic ring is 1. The highest BCUT2D eigenvalue weighted by atomic mass is 32.1. The Morgan fingerprint density at radius 3 is 2.62 bits per heavy atom. The molecule has 2 aromatic heterocycles. The maximum atomic E-state index is 6.07. The number of hydrogen-bond acceptors (Lipinski definition) is 5. The van der Waals surface area contributed by atoms with Gasteiger partial charge in [-0.2, -0.15) is 4.37 Å². The third-order valence-corrected chi connectivity index (χ3v) is 4.90. The van der Waals surface area contributed by atoms with E-state index in [4.69, 9.17) is 5.73 Å². The molecule has 0 spiro atoms. The summed E-state index contributed by atoms with van der Waals surface area (Å²) in [6, 6.07) is 4.52. The van der Waals surface area contributed by atoms with Crippen molar-refractivity contribution in [2.75, 3.05) is 11.1 Å². The van der Waals surface area contributed by atoms with Gasteiger partial charge in [-0.05, 0) is 30.4 Å². The molecule has 0 unspecified atom stereocenters. The first-order valence-corrected chi connectivity index (χ1v) is 8.54. The number of anilines is 2. The summed E-state index contributed by atoms with van der Waals surface area (Å²) >= 11 is 1.46.